The standard InChI is InChI=1S/C14H24N2O2S/c1-3-19-12-5-4-11(10-12)15(2)8-9-16-13(17)6-7-14(16)18/h11-12H,3-10H2,1-2H3. The Balaban J connectivity index is 1.74. The van der Waals surface area contributed by atoms with Crippen molar-refractivity contribution in [2.75, 3.05) is 25.9 Å². The third kappa shape index (κ3) is 3.72. The second-order valence-corrected chi connectivity index (χ2v) is 7.04. The molecule has 1 aliphatic heterocycles. The average molecular weight is 284 g/mol. The molecule has 5 heteroatoms. The number of carbonyl (C=O) groups is 2. The fourth-order valence-electron chi connectivity index (χ4n) is 3.02. The molecule has 1 saturated heterocycles. The summed E-state index contributed by atoms with van der Waals surface area (Å²) >= 11 is 2.06. The van der Waals surface area contributed by atoms with Crippen LogP contribution in [0.1, 0.15) is 39.0 Å². The van der Waals surface area contributed by atoms with Crippen LogP contribution in [0.4, 0.5) is 0 Å². The number of nitrogens with zero attached hydrogens (tertiary/aromatic N) is 2. The molecule has 2 unspecified atom stereocenters. The van der Waals surface area contributed by atoms with Crippen molar-refractivity contribution in [1.82, 2.24) is 9.80 Å². The number of thioether (sulfide) groups is 1. The summed E-state index contributed by atoms with van der Waals surface area (Å²) < 4.78 is 0. The Bertz CT molecular complexity index is 332. The van der Waals surface area contributed by atoms with Gasteiger partial charge in [0.1, 0.15) is 0 Å². The van der Waals surface area contributed by atoms with Gasteiger partial charge in [-0.15, -0.1) is 0 Å². The van der Waals surface area contributed by atoms with Crippen molar-refractivity contribution < 1.29 is 9.59 Å². The van der Waals surface area contributed by atoms with E-state index in [-0.39, 0.29) is 11.8 Å². The van der Waals surface area contributed by atoms with E-state index >= 15 is 0 Å². The third-order valence-corrected chi connectivity index (χ3v) is 5.45. The van der Waals surface area contributed by atoms with E-state index in [9.17, 15) is 9.59 Å². The minimum absolute atomic E-state index is 0.00392. The van der Waals surface area contributed by atoms with Gasteiger partial charge in [0.25, 0.3) is 0 Å². The molecule has 0 spiro atoms. The zero-order chi connectivity index (χ0) is 13.8. The van der Waals surface area contributed by atoms with Crippen molar-refractivity contribution in [1.29, 1.82) is 0 Å². The van der Waals surface area contributed by atoms with Crippen molar-refractivity contribution in [3.63, 3.8) is 0 Å². The summed E-state index contributed by atoms with van der Waals surface area (Å²) in [5.41, 5.74) is 0. The zero-order valence-electron chi connectivity index (χ0n) is 11.9. The van der Waals surface area contributed by atoms with Gasteiger partial charge < -0.3 is 4.90 Å². The fourth-order valence-corrected chi connectivity index (χ4v) is 4.15. The molecule has 1 aliphatic carbocycles. The molecule has 1 heterocycles. The van der Waals surface area contributed by atoms with Crippen molar-refractivity contribution in [3.8, 4) is 0 Å². The van der Waals surface area contributed by atoms with E-state index in [2.05, 4.69) is 30.6 Å². The van der Waals surface area contributed by atoms with E-state index < -0.39 is 0 Å². The molecule has 2 aliphatic rings. The van der Waals surface area contributed by atoms with Crippen LogP contribution in [0.15, 0.2) is 0 Å². The molecule has 4 nitrogen and oxygen atoms in total. The largest absolute Gasteiger partial charge is 0.302 e. The molecule has 0 aromatic heterocycles. The van der Waals surface area contributed by atoms with Gasteiger partial charge in [-0.3, -0.25) is 14.5 Å². The summed E-state index contributed by atoms with van der Waals surface area (Å²) in [4.78, 5) is 26.8. The summed E-state index contributed by atoms with van der Waals surface area (Å²) in [6.45, 7) is 3.59. The maximum Gasteiger partial charge on any atom is 0.229 e. The highest BCUT2D eigenvalue weighted by molar-refractivity contribution is 7.99. The van der Waals surface area contributed by atoms with Crippen LogP contribution in [-0.4, -0.2) is 58.8 Å². The van der Waals surface area contributed by atoms with Crippen molar-refractivity contribution in [3.05, 3.63) is 0 Å². The molecule has 0 aromatic carbocycles. The van der Waals surface area contributed by atoms with Crippen LogP contribution in [0.5, 0.6) is 0 Å². The van der Waals surface area contributed by atoms with E-state index in [4.69, 9.17) is 0 Å². The number of carbonyl (C=O) groups excluding carboxylic acids is 2. The second-order valence-electron chi connectivity index (χ2n) is 5.46. The minimum Gasteiger partial charge on any atom is -0.302 e. The summed E-state index contributed by atoms with van der Waals surface area (Å²) in [5.74, 6) is 1.20. The highest BCUT2D eigenvalue weighted by atomic mass is 32.2. The Kier molecular flexibility index (Phi) is 5.28. The first kappa shape index (κ1) is 14.9. The lowest BCUT2D eigenvalue weighted by Crippen LogP contribution is -2.39. The molecule has 0 N–H and O–H groups in total. The number of amides is 2. The van der Waals surface area contributed by atoms with Gasteiger partial charge in [-0.1, -0.05) is 6.92 Å². The molecule has 0 bridgehead atoms. The number of rotatable bonds is 6. The van der Waals surface area contributed by atoms with E-state index in [1.807, 2.05) is 0 Å². The lowest BCUT2D eigenvalue weighted by Gasteiger charge is -2.26. The van der Waals surface area contributed by atoms with Crippen molar-refractivity contribution >= 4 is 23.6 Å². The Morgan fingerprint density at radius 3 is 2.58 bits per heavy atom. The van der Waals surface area contributed by atoms with Crippen LogP contribution in [0.3, 0.4) is 0 Å². The topological polar surface area (TPSA) is 40.6 Å². The summed E-state index contributed by atoms with van der Waals surface area (Å²) in [7, 11) is 2.12. The van der Waals surface area contributed by atoms with E-state index in [0.29, 0.717) is 25.4 Å². The number of likely N-dealkylation sites (N-methyl/N-ethyl adjacent to an activating group) is 1. The Morgan fingerprint density at radius 1 is 1.26 bits per heavy atom. The van der Waals surface area contributed by atoms with Crippen LogP contribution in [0, 0.1) is 0 Å². The van der Waals surface area contributed by atoms with Gasteiger partial charge >= 0.3 is 0 Å². The highest BCUT2D eigenvalue weighted by Crippen LogP contribution is 2.32. The minimum atomic E-state index is 0.00392. The van der Waals surface area contributed by atoms with Crippen LogP contribution in [0.25, 0.3) is 0 Å². The molecule has 1 saturated carbocycles. The van der Waals surface area contributed by atoms with Crippen molar-refractivity contribution in [2.45, 2.75) is 50.3 Å². The van der Waals surface area contributed by atoms with Crippen LogP contribution in [-0.2, 0) is 9.59 Å². The molecule has 2 atom stereocenters. The first-order chi connectivity index (χ1) is 9.11. The normalized spacial score (nSPS) is 27.8. The number of likely N-dealkylation sites (tertiary alicyclic amines) is 1. The molecule has 108 valence electrons. The first-order valence-electron chi connectivity index (χ1n) is 7.26. The van der Waals surface area contributed by atoms with E-state index in [1.165, 1.54) is 29.9 Å². The van der Waals surface area contributed by atoms with Gasteiger partial charge in [0.2, 0.25) is 11.8 Å². The number of imide groups is 1. The van der Waals surface area contributed by atoms with Crippen LogP contribution < -0.4 is 0 Å². The maximum atomic E-state index is 11.5. The first-order valence-corrected chi connectivity index (χ1v) is 8.31. The summed E-state index contributed by atoms with van der Waals surface area (Å²) in [5, 5.41) is 0.799. The predicted molar refractivity (Wildman–Crippen MR) is 78.1 cm³/mol. The van der Waals surface area contributed by atoms with E-state index in [0.717, 1.165) is 11.8 Å². The summed E-state index contributed by atoms with van der Waals surface area (Å²) in [6.07, 6.45) is 4.60. The third-order valence-electron chi connectivity index (χ3n) is 4.21. The highest BCUT2D eigenvalue weighted by Gasteiger charge is 2.31. The van der Waals surface area contributed by atoms with Gasteiger partial charge in [-0.05, 0) is 32.1 Å². The fraction of sp³-hybridized carbons (Fsp3) is 0.857. The maximum absolute atomic E-state index is 11.5. The zero-order valence-corrected chi connectivity index (χ0v) is 12.7. The van der Waals surface area contributed by atoms with E-state index in [1.54, 1.807) is 0 Å². The van der Waals surface area contributed by atoms with Gasteiger partial charge in [-0.2, -0.15) is 11.8 Å². The molecule has 0 radical (unpaired) electrons. The number of hydrogen-bond donors (Lipinski definition) is 0. The molecular weight excluding hydrogens is 260 g/mol. The van der Waals surface area contributed by atoms with Crippen molar-refractivity contribution in [2.24, 2.45) is 0 Å². The molecule has 0 aromatic rings. The SMILES string of the molecule is CCSC1CCC(N(C)CCN2C(=O)CCC2=O)C1. The monoisotopic (exact) mass is 284 g/mol. The second kappa shape index (κ2) is 6.75. The lowest BCUT2D eigenvalue weighted by molar-refractivity contribution is -0.138. The average Bonchev–Trinajstić information content (AvgIpc) is 2.96. The van der Waals surface area contributed by atoms with Gasteiger partial charge in [0.05, 0.1) is 0 Å². The number of hydrogen-bond acceptors (Lipinski definition) is 4. The van der Waals surface area contributed by atoms with Gasteiger partial charge in [0, 0.05) is 37.2 Å². The quantitative estimate of drug-likeness (QED) is 0.697. The van der Waals surface area contributed by atoms with Crippen LogP contribution in [0.2, 0.25) is 0 Å². The van der Waals surface area contributed by atoms with Crippen LogP contribution >= 0.6 is 11.8 Å². The molecule has 2 rings (SSSR count). The Labute approximate surface area is 119 Å². The molecular formula is C14H24N2O2S. The smallest absolute Gasteiger partial charge is 0.229 e. The summed E-state index contributed by atoms with van der Waals surface area (Å²) in [6, 6.07) is 0.622. The Hall–Kier alpha value is -0.550. The van der Waals surface area contributed by atoms with Gasteiger partial charge in [0.15, 0.2) is 0 Å². The Morgan fingerprint density at radius 2 is 1.95 bits per heavy atom. The molecule has 2 fully saturated rings. The predicted octanol–water partition coefficient (Wildman–Crippen LogP) is 1.74. The van der Waals surface area contributed by atoms with Gasteiger partial charge in [-0.25, -0.2) is 0 Å². The molecule has 19 heavy (non-hydrogen) atoms. The molecule has 2 amide bonds. The lowest BCUT2D eigenvalue weighted by atomic mass is 10.2.